The zero-order valence-corrected chi connectivity index (χ0v) is 18.6. The van der Waals surface area contributed by atoms with Gasteiger partial charge in [0.25, 0.3) is 5.91 Å². The van der Waals surface area contributed by atoms with Crippen molar-refractivity contribution in [2.24, 2.45) is 0 Å². The number of hydrogen-bond acceptors (Lipinski definition) is 8. The third-order valence-electron chi connectivity index (χ3n) is 4.10. The molecular formula is C20H23FN6O4S. The van der Waals surface area contributed by atoms with E-state index in [1.807, 2.05) is 13.8 Å². The molecule has 0 aliphatic rings. The van der Waals surface area contributed by atoms with E-state index in [0.717, 1.165) is 11.3 Å². The van der Waals surface area contributed by atoms with E-state index in [1.165, 1.54) is 29.9 Å². The van der Waals surface area contributed by atoms with Crippen LogP contribution in [0.25, 0.3) is 11.3 Å². The Labute approximate surface area is 187 Å². The first kappa shape index (κ1) is 23.4. The number of anilines is 2. The Morgan fingerprint density at radius 3 is 2.62 bits per heavy atom. The van der Waals surface area contributed by atoms with Gasteiger partial charge in [0.15, 0.2) is 17.1 Å². The van der Waals surface area contributed by atoms with Crippen LogP contribution < -0.4 is 10.6 Å². The molecule has 0 unspecified atom stereocenters. The zero-order chi connectivity index (χ0) is 23.1. The summed E-state index contributed by atoms with van der Waals surface area (Å²) in [6, 6.07) is 4.30. The Balaban J connectivity index is 1.65. The van der Waals surface area contributed by atoms with Crippen molar-refractivity contribution in [3.05, 3.63) is 41.3 Å². The molecule has 12 heteroatoms. The summed E-state index contributed by atoms with van der Waals surface area (Å²) in [4.78, 5) is 27.9. The molecule has 0 saturated carbocycles. The number of aromatic nitrogens is 4. The number of hydrogen-bond donors (Lipinski definition) is 2. The normalized spacial score (nSPS) is 11.0. The lowest BCUT2D eigenvalue weighted by Crippen LogP contribution is -2.24. The molecule has 2 amide bonds. The molecule has 0 fully saturated rings. The highest BCUT2D eigenvalue weighted by molar-refractivity contribution is 7.14. The average Bonchev–Trinajstić information content (AvgIpc) is 3.38. The third-order valence-corrected chi connectivity index (χ3v) is 4.86. The van der Waals surface area contributed by atoms with E-state index in [1.54, 1.807) is 11.4 Å². The lowest BCUT2D eigenvalue weighted by atomic mass is 10.1. The van der Waals surface area contributed by atoms with Gasteiger partial charge in [-0.1, -0.05) is 5.21 Å². The summed E-state index contributed by atoms with van der Waals surface area (Å²) in [7, 11) is 0. The van der Waals surface area contributed by atoms with Gasteiger partial charge in [-0.15, -0.1) is 16.4 Å². The van der Waals surface area contributed by atoms with Crippen molar-refractivity contribution < 1.29 is 23.5 Å². The largest absolute Gasteiger partial charge is 0.351 e. The molecule has 3 rings (SSSR count). The van der Waals surface area contributed by atoms with Gasteiger partial charge in [0.05, 0.1) is 18.4 Å². The molecule has 2 N–H and O–H groups in total. The predicted octanol–water partition coefficient (Wildman–Crippen LogP) is 3.15. The van der Waals surface area contributed by atoms with Gasteiger partial charge >= 0.3 is 0 Å². The van der Waals surface area contributed by atoms with Crippen molar-refractivity contribution in [2.75, 3.05) is 23.8 Å². The van der Waals surface area contributed by atoms with Crippen LogP contribution in [0.5, 0.6) is 0 Å². The molecule has 10 nitrogen and oxygen atoms in total. The fourth-order valence-electron chi connectivity index (χ4n) is 2.79. The van der Waals surface area contributed by atoms with Gasteiger partial charge in [-0.25, -0.2) is 14.1 Å². The summed E-state index contributed by atoms with van der Waals surface area (Å²) in [5.74, 6) is -1.33. The highest BCUT2D eigenvalue weighted by atomic mass is 32.1. The zero-order valence-electron chi connectivity index (χ0n) is 17.8. The molecule has 0 radical (unpaired) electrons. The van der Waals surface area contributed by atoms with E-state index in [-0.39, 0.29) is 28.8 Å². The smallest absolute Gasteiger partial charge is 0.279 e. The second-order valence-corrected chi connectivity index (χ2v) is 7.39. The van der Waals surface area contributed by atoms with E-state index in [4.69, 9.17) is 9.47 Å². The molecule has 2 aromatic heterocycles. The van der Waals surface area contributed by atoms with E-state index >= 15 is 0 Å². The summed E-state index contributed by atoms with van der Waals surface area (Å²) in [5.41, 5.74) is 1.05. The van der Waals surface area contributed by atoms with Gasteiger partial charge in [0, 0.05) is 36.8 Å². The van der Waals surface area contributed by atoms with Crippen LogP contribution in [0.3, 0.4) is 0 Å². The van der Waals surface area contributed by atoms with Crippen LogP contribution in [-0.4, -0.2) is 51.3 Å². The van der Waals surface area contributed by atoms with Crippen LogP contribution in [0.4, 0.5) is 15.2 Å². The molecule has 0 aliphatic heterocycles. The Morgan fingerprint density at radius 2 is 1.97 bits per heavy atom. The summed E-state index contributed by atoms with van der Waals surface area (Å²) in [6.45, 7) is 6.31. The Kier molecular flexibility index (Phi) is 7.98. The standard InChI is InChI=1S/C20H23FN6O4S/c1-4-30-18(31-5-2)10-27-9-16(25-26-27)19(29)24-20-23-17(11-32-20)14-7-6-13(8-15(14)21)22-12(3)28/h6-9,11,18H,4-5,10H2,1-3H3,(H,22,28)(H,23,24,29). The van der Waals surface area contributed by atoms with Crippen LogP contribution in [0.1, 0.15) is 31.3 Å². The number of benzene rings is 1. The summed E-state index contributed by atoms with van der Waals surface area (Å²) in [6.07, 6.45) is 0.992. The quantitative estimate of drug-likeness (QED) is 0.444. The first-order valence-electron chi connectivity index (χ1n) is 9.87. The molecule has 3 aromatic rings. The molecule has 170 valence electrons. The number of nitrogens with one attached hydrogen (secondary N) is 2. The second-order valence-electron chi connectivity index (χ2n) is 6.53. The van der Waals surface area contributed by atoms with Crippen molar-refractivity contribution in [3.63, 3.8) is 0 Å². The van der Waals surface area contributed by atoms with Crippen molar-refractivity contribution in [1.82, 2.24) is 20.0 Å². The maximum atomic E-state index is 14.4. The fraction of sp³-hybridized carbons (Fsp3) is 0.350. The second kappa shape index (κ2) is 10.9. The molecule has 1 aromatic carbocycles. The number of halogens is 1. The van der Waals surface area contributed by atoms with Crippen LogP contribution in [0, 0.1) is 5.82 Å². The SMILES string of the molecule is CCOC(Cn1cc(C(=O)Nc2nc(-c3ccc(NC(C)=O)cc3F)cs2)nn1)OCC. The van der Waals surface area contributed by atoms with Crippen LogP contribution in [0.2, 0.25) is 0 Å². The van der Waals surface area contributed by atoms with Crippen molar-refractivity contribution in [1.29, 1.82) is 0 Å². The third kappa shape index (κ3) is 6.15. The maximum absolute atomic E-state index is 14.4. The number of carbonyl (C=O) groups excluding carboxylic acids is 2. The number of amides is 2. The van der Waals surface area contributed by atoms with Crippen molar-refractivity contribution >= 4 is 34.0 Å². The van der Waals surface area contributed by atoms with Crippen LogP contribution >= 0.6 is 11.3 Å². The molecule has 0 aliphatic carbocycles. The van der Waals surface area contributed by atoms with Crippen molar-refractivity contribution in [2.45, 2.75) is 33.6 Å². The van der Waals surface area contributed by atoms with Gasteiger partial charge < -0.3 is 14.8 Å². The molecule has 2 heterocycles. The van der Waals surface area contributed by atoms with Crippen LogP contribution in [0.15, 0.2) is 29.8 Å². The molecule has 0 atom stereocenters. The topological polar surface area (TPSA) is 120 Å². The Hall–Kier alpha value is -3.22. The van der Waals surface area contributed by atoms with E-state index in [2.05, 4.69) is 25.9 Å². The minimum Gasteiger partial charge on any atom is -0.351 e. The number of nitrogens with zero attached hydrogens (tertiary/aromatic N) is 4. The Bertz CT molecular complexity index is 1080. The van der Waals surface area contributed by atoms with Gasteiger partial charge in [-0.05, 0) is 32.0 Å². The minimum absolute atomic E-state index is 0.0966. The van der Waals surface area contributed by atoms with E-state index < -0.39 is 18.0 Å². The van der Waals surface area contributed by atoms with Crippen LogP contribution in [-0.2, 0) is 20.8 Å². The molecule has 0 saturated heterocycles. The van der Waals surface area contributed by atoms with Gasteiger partial charge in [-0.3, -0.25) is 14.9 Å². The molecule has 0 spiro atoms. The number of thiazole rings is 1. The predicted molar refractivity (Wildman–Crippen MR) is 117 cm³/mol. The summed E-state index contributed by atoms with van der Waals surface area (Å²) >= 11 is 1.15. The average molecular weight is 463 g/mol. The maximum Gasteiger partial charge on any atom is 0.279 e. The highest BCUT2D eigenvalue weighted by Gasteiger charge is 2.17. The number of rotatable bonds is 10. The lowest BCUT2D eigenvalue weighted by Gasteiger charge is -2.16. The summed E-state index contributed by atoms with van der Waals surface area (Å²) < 4.78 is 26.8. The Morgan fingerprint density at radius 1 is 1.22 bits per heavy atom. The fourth-order valence-corrected chi connectivity index (χ4v) is 3.50. The minimum atomic E-state index is -0.541. The molecule has 32 heavy (non-hydrogen) atoms. The van der Waals surface area contributed by atoms with Gasteiger partial charge in [0.2, 0.25) is 5.91 Å². The number of carbonyl (C=O) groups is 2. The monoisotopic (exact) mass is 462 g/mol. The first-order valence-corrected chi connectivity index (χ1v) is 10.7. The van der Waals surface area contributed by atoms with Gasteiger partial charge in [-0.2, -0.15) is 0 Å². The number of ether oxygens (including phenoxy) is 2. The van der Waals surface area contributed by atoms with E-state index in [9.17, 15) is 14.0 Å². The molecular weight excluding hydrogens is 439 g/mol. The van der Waals surface area contributed by atoms with Gasteiger partial charge in [0.1, 0.15) is 5.82 Å². The highest BCUT2D eigenvalue weighted by Crippen LogP contribution is 2.28. The van der Waals surface area contributed by atoms with E-state index in [0.29, 0.717) is 24.6 Å². The van der Waals surface area contributed by atoms with Crippen molar-refractivity contribution in [3.8, 4) is 11.3 Å². The molecule has 0 bridgehead atoms. The summed E-state index contributed by atoms with van der Waals surface area (Å²) in [5, 5.41) is 14.9. The first-order chi connectivity index (χ1) is 15.4. The lowest BCUT2D eigenvalue weighted by molar-refractivity contribution is -0.145.